The first kappa shape index (κ1) is 20.1. The van der Waals surface area contributed by atoms with Gasteiger partial charge in [0.25, 0.3) is 0 Å². The van der Waals surface area contributed by atoms with Crippen LogP contribution in [0.1, 0.15) is 22.8 Å². The van der Waals surface area contributed by atoms with Crippen molar-refractivity contribution in [3.63, 3.8) is 0 Å². The van der Waals surface area contributed by atoms with E-state index in [1.54, 1.807) is 30.3 Å². The highest BCUT2D eigenvalue weighted by atomic mass is 19.4. The number of fused-ring (bicyclic) bond motifs is 8. The lowest BCUT2D eigenvalue weighted by Crippen LogP contribution is -2.18. The Morgan fingerprint density at radius 2 is 0.969 bits per heavy atom. The molecule has 0 spiro atoms. The molecule has 2 aliphatic rings. The largest absolute Gasteiger partial charge is 0.419 e. The normalized spacial score (nSPS) is 14.3. The van der Waals surface area contributed by atoms with E-state index in [0.29, 0.717) is 16.7 Å². The summed E-state index contributed by atoms with van der Waals surface area (Å²) in [5.41, 5.74) is -2.67. The SMILES string of the molecule is FC(F)(F)C1=C(C(F)(F)F)c2cc3ccc(cc4ccc(cc5nc(cc1n2)C=C5)[nH]4)[nH]3. The lowest BCUT2D eigenvalue weighted by Gasteiger charge is -2.13. The van der Waals surface area contributed by atoms with E-state index in [2.05, 4.69) is 19.9 Å². The van der Waals surface area contributed by atoms with Crippen LogP contribution in [0.25, 0.3) is 45.4 Å². The molecular weight excluding hydrogens is 434 g/mol. The van der Waals surface area contributed by atoms with Crippen LogP contribution in [-0.4, -0.2) is 32.3 Å². The molecule has 0 fully saturated rings. The first-order valence-corrected chi connectivity index (χ1v) is 9.32. The van der Waals surface area contributed by atoms with Gasteiger partial charge in [-0.05, 0) is 60.7 Å². The third-order valence-corrected chi connectivity index (χ3v) is 4.91. The molecule has 4 nitrogen and oxygen atoms in total. The first-order chi connectivity index (χ1) is 15.1. The molecule has 8 bridgehead atoms. The second kappa shape index (κ2) is 6.84. The van der Waals surface area contributed by atoms with Crippen LogP contribution in [0.2, 0.25) is 0 Å². The number of allylic oxidation sites excluding steroid dienone is 2. The second-order valence-corrected chi connectivity index (χ2v) is 7.24. The number of nitrogens with one attached hydrogen (secondary N) is 2. The van der Waals surface area contributed by atoms with Gasteiger partial charge in [-0.3, -0.25) is 0 Å². The van der Waals surface area contributed by atoms with E-state index in [0.717, 1.165) is 17.6 Å². The Balaban J connectivity index is 1.91. The molecule has 0 saturated heterocycles. The maximum Gasteiger partial charge on any atom is 0.419 e. The van der Waals surface area contributed by atoms with E-state index in [9.17, 15) is 26.3 Å². The third kappa shape index (κ3) is 3.68. The average molecular weight is 446 g/mol. The number of aromatic amines is 2. The zero-order chi connectivity index (χ0) is 22.7. The van der Waals surface area contributed by atoms with Crippen LogP contribution >= 0.6 is 0 Å². The summed E-state index contributed by atoms with van der Waals surface area (Å²) in [5.74, 6) is 0. The van der Waals surface area contributed by atoms with E-state index < -0.39 is 34.9 Å². The topological polar surface area (TPSA) is 57.4 Å². The van der Waals surface area contributed by atoms with Crippen molar-refractivity contribution in [2.24, 2.45) is 0 Å². The van der Waals surface area contributed by atoms with Gasteiger partial charge in [-0.2, -0.15) is 26.3 Å². The van der Waals surface area contributed by atoms with E-state index in [1.807, 2.05) is 6.07 Å². The number of alkyl halides is 6. The number of hydrogen-bond donors (Lipinski definition) is 2. The highest BCUT2D eigenvalue weighted by Gasteiger charge is 2.50. The van der Waals surface area contributed by atoms with Crippen molar-refractivity contribution < 1.29 is 26.3 Å². The first-order valence-electron chi connectivity index (χ1n) is 9.32. The van der Waals surface area contributed by atoms with Gasteiger partial charge in [-0.1, -0.05) is 0 Å². The predicted molar refractivity (Wildman–Crippen MR) is 109 cm³/mol. The Morgan fingerprint density at radius 3 is 1.50 bits per heavy atom. The van der Waals surface area contributed by atoms with E-state index >= 15 is 0 Å². The molecule has 2 aliphatic heterocycles. The molecule has 10 heteroatoms. The Bertz CT molecular complexity index is 1450. The molecule has 5 heterocycles. The van der Waals surface area contributed by atoms with Crippen LogP contribution in [0.3, 0.4) is 0 Å². The molecule has 3 aromatic rings. The number of rotatable bonds is 0. The third-order valence-electron chi connectivity index (χ3n) is 4.91. The minimum atomic E-state index is -5.27. The molecule has 0 unspecified atom stereocenters. The van der Waals surface area contributed by atoms with Crippen LogP contribution in [0.4, 0.5) is 26.3 Å². The fourth-order valence-electron chi connectivity index (χ4n) is 3.65. The van der Waals surface area contributed by atoms with Crippen molar-refractivity contribution in [1.82, 2.24) is 19.9 Å². The molecule has 0 amide bonds. The molecule has 162 valence electrons. The Kier molecular flexibility index (Phi) is 4.30. The van der Waals surface area contributed by atoms with Gasteiger partial charge in [0.1, 0.15) is 0 Å². The van der Waals surface area contributed by atoms with E-state index in [-0.39, 0.29) is 11.2 Å². The number of hydrogen-bond acceptors (Lipinski definition) is 2. The molecule has 0 aliphatic carbocycles. The van der Waals surface area contributed by atoms with Crippen LogP contribution in [0.15, 0.2) is 48.5 Å². The van der Waals surface area contributed by atoms with Crippen molar-refractivity contribution >= 4 is 45.4 Å². The van der Waals surface area contributed by atoms with Crippen LogP contribution in [0.5, 0.6) is 0 Å². The Morgan fingerprint density at radius 1 is 0.531 bits per heavy atom. The molecule has 0 aromatic carbocycles. The zero-order valence-electron chi connectivity index (χ0n) is 15.9. The van der Waals surface area contributed by atoms with Crippen molar-refractivity contribution in [2.75, 3.05) is 0 Å². The molecule has 3 aromatic heterocycles. The molecular formula is C22H12F6N4. The Labute approximate surface area is 176 Å². The fourth-order valence-corrected chi connectivity index (χ4v) is 3.65. The van der Waals surface area contributed by atoms with Crippen molar-refractivity contribution in [3.8, 4) is 0 Å². The Hall–Kier alpha value is -3.82. The van der Waals surface area contributed by atoms with Gasteiger partial charge in [0.2, 0.25) is 0 Å². The number of aromatic nitrogens is 4. The highest BCUT2D eigenvalue weighted by Crippen LogP contribution is 2.48. The van der Waals surface area contributed by atoms with Crippen LogP contribution in [0, 0.1) is 0 Å². The molecule has 0 atom stereocenters. The monoisotopic (exact) mass is 446 g/mol. The van der Waals surface area contributed by atoms with Gasteiger partial charge < -0.3 is 9.97 Å². The van der Waals surface area contributed by atoms with E-state index in [1.165, 1.54) is 12.1 Å². The summed E-state index contributed by atoms with van der Waals surface area (Å²) in [6.45, 7) is 0. The maximum atomic E-state index is 13.8. The zero-order valence-corrected chi connectivity index (χ0v) is 15.9. The lowest BCUT2D eigenvalue weighted by atomic mass is 10.0. The molecule has 5 rings (SSSR count). The minimum absolute atomic E-state index is 0.0621. The van der Waals surface area contributed by atoms with Gasteiger partial charge in [0.05, 0.1) is 33.9 Å². The van der Waals surface area contributed by atoms with Gasteiger partial charge in [-0.15, -0.1) is 0 Å². The number of halogens is 6. The quantitative estimate of drug-likeness (QED) is 0.302. The van der Waals surface area contributed by atoms with Crippen LogP contribution < -0.4 is 0 Å². The smallest absolute Gasteiger partial charge is 0.355 e. The summed E-state index contributed by atoms with van der Waals surface area (Å²) in [6.07, 6.45) is -7.56. The van der Waals surface area contributed by atoms with Crippen molar-refractivity contribution in [3.05, 3.63) is 71.3 Å². The summed E-state index contributed by atoms with van der Waals surface area (Å²) in [7, 11) is 0. The summed E-state index contributed by atoms with van der Waals surface area (Å²) in [4.78, 5) is 13.9. The number of H-pyrrole nitrogens is 2. The summed E-state index contributed by atoms with van der Waals surface area (Å²) < 4.78 is 82.5. The van der Waals surface area contributed by atoms with Gasteiger partial charge in [0, 0.05) is 22.1 Å². The van der Waals surface area contributed by atoms with Gasteiger partial charge in [-0.25, -0.2) is 9.97 Å². The maximum absolute atomic E-state index is 13.8. The summed E-state index contributed by atoms with van der Waals surface area (Å²) in [6, 6.07) is 11.9. The van der Waals surface area contributed by atoms with Gasteiger partial charge in [0.15, 0.2) is 0 Å². The number of nitrogens with zero attached hydrogens (tertiary/aromatic N) is 2. The standard InChI is InChI=1S/C22H12F6N4/c23-21(24,25)19-17-9-15-5-3-13(30-15)7-11-1-2-12(29-11)8-14-4-6-16(31-14)10-18(32-17)20(19)22(26,27)28/h1-10,29-30H. The summed E-state index contributed by atoms with van der Waals surface area (Å²) >= 11 is 0. The molecule has 2 N–H and O–H groups in total. The van der Waals surface area contributed by atoms with Crippen LogP contribution in [-0.2, 0) is 0 Å². The van der Waals surface area contributed by atoms with E-state index in [4.69, 9.17) is 0 Å². The minimum Gasteiger partial charge on any atom is -0.355 e. The summed E-state index contributed by atoms with van der Waals surface area (Å²) in [5, 5.41) is 0. The molecule has 0 saturated carbocycles. The lowest BCUT2D eigenvalue weighted by molar-refractivity contribution is -0.0823. The molecule has 32 heavy (non-hydrogen) atoms. The fraction of sp³-hybridized carbons (Fsp3) is 0.0909. The average Bonchev–Trinajstić information content (AvgIpc) is 3.43. The molecule has 0 radical (unpaired) electrons. The predicted octanol–water partition coefficient (Wildman–Crippen LogP) is 6.52. The highest BCUT2D eigenvalue weighted by molar-refractivity contribution is 5.97. The second-order valence-electron chi connectivity index (χ2n) is 7.24. The van der Waals surface area contributed by atoms with Crippen molar-refractivity contribution in [1.29, 1.82) is 0 Å². The van der Waals surface area contributed by atoms with Gasteiger partial charge >= 0.3 is 12.4 Å². The van der Waals surface area contributed by atoms with Crippen molar-refractivity contribution in [2.45, 2.75) is 12.4 Å².